The van der Waals surface area contributed by atoms with E-state index >= 15 is 0 Å². The smallest absolute Gasteiger partial charge is 0.545 e. The molecule has 0 bridgehead atoms. The number of carbonyl (C=O) groups excluding carboxylic acids is 1. The topological polar surface area (TPSA) is 66.2 Å². The van der Waals surface area contributed by atoms with Crippen molar-refractivity contribution in [1.82, 2.24) is 0 Å². The predicted molar refractivity (Wildman–Crippen MR) is 35.2 cm³/mol. The molecule has 0 aliphatic heterocycles. The zero-order valence-corrected chi connectivity index (χ0v) is 8.20. The Bertz CT molecular complexity index is 262. The van der Waals surface area contributed by atoms with E-state index in [4.69, 9.17) is 5.73 Å². The molecule has 1 rings (SSSR count). The molecular weight excluding hydrogens is 153 g/mol. The largest absolute Gasteiger partial charge is 1.00 e. The summed E-state index contributed by atoms with van der Waals surface area (Å²) in [5, 5.41) is 10.2. The molecule has 3 nitrogen and oxygen atoms in total. The fourth-order valence-corrected chi connectivity index (χ4v) is 0.666. The molecule has 1 aromatic carbocycles. The molecule has 0 heterocycles. The summed E-state index contributed by atoms with van der Waals surface area (Å²) < 4.78 is 0. The first-order valence-electron chi connectivity index (χ1n) is 2.77. The second-order valence-corrected chi connectivity index (χ2v) is 1.91. The van der Waals surface area contributed by atoms with E-state index < -0.39 is 5.97 Å². The van der Waals surface area contributed by atoms with Crippen LogP contribution in [0.25, 0.3) is 0 Å². The third-order valence-corrected chi connectivity index (χ3v) is 1.12. The standard InChI is InChI=1S/C7H7NO2.Na/c8-6-3-1-2-5(4-6)7(9)10;/h1-4H,8H2,(H,9,10);/q;+1/p-1. The van der Waals surface area contributed by atoms with E-state index in [9.17, 15) is 9.90 Å². The molecular formula is C7H6NNaO2. The molecule has 0 spiro atoms. The number of aromatic carboxylic acids is 1. The molecule has 0 unspecified atom stereocenters. The molecule has 0 atom stereocenters. The summed E-state index contributed by atoms with van der Waals surface area (Å²) in [5.74, 6) is -1.20. The third kappa shape index (κ3) is 2.93. The van der Waals surface area contributed by atoms with Crippen LogP contribution in [0.2, 0.25) is 0 Å². The Hall–Kier alpha value is -0.510. The van der Waals surface area contributed by atoms with Crippen molar-refractivity contribution >= 4 is 11.7 Å². The van der Waals surface area contributed by atoms with Crippen molar-refractivity contribution in [3.05, 3.63) is 29.8 Å². The SMILES string of the molecule is Nc1cccc(C(=O)[O-])c1.[Na+]. The summed E-state index contributed by atoms with van der Waals surface area (Å²) in [7, 11) is 0. The van der Waals surface area contributed by atoms with E-state index in [1.165, 1.54) is 12.1 Å². The van der Waals surface area contributed by atoms with Crippen LogP contribution in [-0.2, 0) is 0 Å². The zero-order valence-electron chi connectivity index (χ0n) is 6.20. The Morgan fingerprint density at radius 1 is 1.45 bits per heavy atom. The molecule has 0 amide bonds. The van der Waals surface area contributed by atoms with Gasteiger partial charge in [0, 0.05) is 5.69 Å². The summed E-state index contributed by atoms with van der Waals surface area (Å²) in [6, 6.07) is 5.98. The van der Waals surface area contributed by atoms with Crippen molar-refractivity contribution in [2.75, 3.05) is 5.73 Å². The molecule has 2 N–H and O–H groups in total. The van der Waals surface area contributed by atoms with E-state index in [-0.39, 0.29) is 35.1 Å². The molecule has 52 valence electrons. The molecule has 0 radical (unpaired) electrons. The zero-order chi connectivity index (χ0) is 7.56. The molecule has 11 heavy (non-hydrogen) atoms. The van der Waals surface area contributed by atoms with Gasteiger partial charge in [0.1, 0.15) is 0 Å². The molecule has 0 fully saturated rings. The van der Waals surface area contributed by atoms with Gasteiger partial charge in [-0.1, -0.05) is 12.1 Å². The first-order valence-corrected chi connectivity index (χ1v) is 2.77. The minimum Gasteiger partial charge on any atom is -0.545 e. The van der Waals surface area contributed by atoms with Crippen LogP contribution in [0.15, 0.2) is 24.3 Å². The van der Waals surface area contributed by atoms with Crippen molar-refractivity contribution in [1.29, 1.82) is 0 Å². The number of nitrogen functional groups attached to an aromatic ring is 1. The van der Waals surface area contributed by atoms with Crippen molar-refractivity contribution < 1.29 is 39.5 Å². The van der Waals surface area contributed by atoms with Crippen molar-refractivity contribution in [2.45, 2.75) is 0 Å². The van der Waals surface area contributed by atoms with E-state index in [1.54, 1.807) is 12.1 Å². The number of hydrogen-bond donors (Lipinski definition) is 1. The monoisotopic (exact) mass is 159 g/mol. The van der Waals surface area contributed by atoms with Gasteiger partial charge >= 0.3 is 29.6 Å². The molecule has 0 aliphatic rings. The average Bonchev–Trinajstić information content (AvgIpc) is 1.88. The number of benzene rings is 1. The van der Waals surface area contributed by atoms with Crippen LogP contribution in [0.5, 0.6) is 0 Å². The van der Waals surface area contributed by atoms with Gasteiger partial charge in [-0.2, -0.15) is 0 Å². The first kappa shape index (κ1) is 10.5. The van der Waals surface area contributed by atoms with E-state index in [0.29, 0.717) is 5.69 Å². The molecule has 4 heteroatoms. The number of carboxylic acid groups (broad SMARTS) is 1. The Kier molecular flexibility index (Phi) is 4.18. The third-order valence-electron chi connectivity index (χ3n) is 1.12. The molecule has 1 aromatic rings. The summed E-state index contributed by atoms with van der Waals surface area (Å²) in [5.41, 5.74) is 5.85. The van der Waals surface area contributed by atoms with Crippen molar-refractivity contribution in [2.24, 2.45) is 0 Å². The normalized spacial score (nSPS) is 8.36. The van der Waals surface area contributed by atoms with Crippen LogP contribution in [0.1, 0.15) is 10.4 Å². The summed E-state index contributed by atoms with van der Waals surface area (Å²) in [4.78, 5) is 10.2. The van der Waals surface area contributed by atoms with Gasteiger partial charge in [0.05, 0.1) is 5.97 Å². The van der Waals surface area contributed by atoms with Crippen LogP contribution in [-0.4, -0.2) is 5.97 Å². The second kappa shape index (κ2) is 4.38. The van der Waals surface area contributed by atoms with Gasteiger partial charge < -0.3 is 15.6 Å². The Labute approximate surface area is 86.5 Å². The summed E-state index contributed by atoms with van der Waals surface area (Å²) in [6.45, 7) is 0. The number of carbonyl (C=O) groups is 1. The van der Waals surface area contributed by atoms with Crippen molar-refractivity contribution in [3.8, 4) is 0 Å². The van der Waals surface area contributed by atoms with Gasteiger partial charge in [0.15, 0.2) is 0 Å². The van der Waals surface area contributed by atoms with Crippen molar-refractivity contribution in [3.63, 3.8) is 0 Å². The molecule has 0 saturated carbocycles. The molecule has 0 aromatic heterocycles. The Morgan fingerprint density at radius 3 is 2.45 bits per heavy atom. The maximum Gasteiger partial charge on any atom is 1.00 e. The fraction of sp³-hybridized carbons (Fsp3) is 0. The molecule has 0 saturated heterocycles. The van der Waals surface area contributed by atoms with Gasteiger partial charge in [-0.25, -0.2) is 0 Å². The van der Waals surface area contributed by atoms with Gasteiger partial charge in [0.2, 0.25) is 0 Å². The van der Waals surface area contributed by atoms with E-state index in [1.807, 2.05) is 0 Å². The number of nitrogens with two attached hydrogens (primary N) is 1. The van der Waals surface area contributed by atoms with E-state index in [0.717, 1.165) is 0 Å². The quantitative estimate of drug-likeness (QED) is 0.343. The maximum atomic E-state index is 10.2. The fourth-order valence-electron chi connectivity index (χ4n) is 0.666. The van der Waals surface area contributed by atoms with Crippen LogP contribution in [0, 0.1) is 0 Å². The van der Waals surface area contributed by atoms with Gasteiger partial charge in [-0.05, 0) is 17.7 Å². The summed E-state index contributed by atoms with van der Waals surface area (Å²) >= 11 is 0. The predicted octanol–water partition coefficient (Wildman–Crippen LogP) is -3.36. The van der Waals surface area contributed by atoms with Crippen LogP contribution in [0.4, 0.5) is 5.69 Å². The van der Waals surface area contributed by atoms with Crippen LogP contribution < -0.4 is 40.4 Å². The average molecular weight is 159 g/mol. The van der Waals surface area contributed by atoms with E-state index in [2.05, 4.69) is 0 Å². The number of rotatable bonds is 1. The summed E-state index contributed by atoms with van der Waals surface area (Å²) in [6.07, 6.45) is 0. The van der Waals surface area contributed by atoms with Crippen LogP contribution in [0.3, 0.4) is 0 Å². The number of anilines is 1. The van der Waals surface area contributed by atoms with Gasteiger partial charge in [0.25, 0.3) is 0 Å². The molecule has 0 aliphatic carbocycles. The Morgan fingerprint density at radius 2 is 2.09 bits per heavy atom. The number of carboxylic acids is 1. The minimum atomic E-state index is -1.20. The minimum absolute atomic E-state index is 0. The number of hydrogen-bond acceptors (Lipinski definition) is 3. The Balaban J connectivity index is 0.000001000. The van der Waals surface area contributed by atoms with Gasteiger partial charge in [-0.15, -0.1) is 0 Å². The second-order valence-electron chi connectivity index (χ2n) is 1.91. The van der Waals surface area contributed by atoms with Crippen LogP contribution >= 0.6 is 0 Å². The maximum absolute atomic E-state index is 10.2. The van der Waals surface area contributed by atoms with Gasteiger partial charge in [-0.3, -0.25) is 0 Å². The first-order chi connectivity index (χ1) is 4.70.